The smallest absolute Gasteiger partial charge is 0.229 e. The summed E-state index contributed by atoms with van der Waals surface area (Å²) in [4.78, 5) is 11.4. The highest BCUT2D eigenvalue weighted by molar-refractivity contribution is 7.92. The number of amides is 1. The molecule has 7 heteroatoms. The molecular formula is C11H15ClN2O3S. The fraction of sp³-hybridized carbons (Fsp3) is 0.364. The van der Waals surface area contributed by atoms with Gasteiger partial charge in [-0.05, 0) is 30.7 Å². The predicted molar refractivity (Wildman–Crippen MR) is 73.5 cm³/mol. The Balaban J connectivity index is 2.58. The van der Waals surface area contributed by atoms with E-state index in [-0.39, 0.29) is 5.91 Å². The lowest BCUT2D eigenvalue weighted by atomic mass is 10.2. The van der Waals surface area contributed by atoms with Crippen LogP contribution in [0.15, 0.2) is 24.3 Å². The van der Waals surface area contributed by atoms with Crippen LogP contribution in [0.5, 0.6) is 0 Å². The molecule has 0 bridgehead atoms. The van der Waals surface area contributed by atoms with Gasteiger partial charge in [-0.3, -0.25) is 9.52 Å². The first-order valence-corrected chi connectivity index (χ1v) is 7.77. The monoisotopic (exact) mass is 290 g/mol. The third kappa shape index (κ3) is 5.88. The van der Waals surface area contributed by atoms with Crippen molar-refractivity contribution in [1.82, 2.24) is 0 Å². The molecule has 0 aliphatic heterocycles. The van der Waals surface area contributed by atoms with Crippen molar-refractivity contribution in [2.75, 3.05) is 22.2 Å². The van der Waals surface area contributed by atoms with Crippen LogP contribution < -0.4 is 10.0 Å². The van der Waals surface area contributed by atoms with Gasteiger partial charge in [0.25, 0.3) is 0 Å². The molecule has 2 N–H and O–H groups in total. The van der Waals surface area contributed by atoms with Gasteiger partial charge in [0, 0.05) is 23.7 Å². The van der Waals surface area contributed by atoms with Crippen molar-refractivity contribution >= 4 is 38.9 Å². The van der Waals surface area contributed by atoms with Crippen molar-refractivity contribution in [3.8, 4) is 0 Å². The van der Waals surface area contributed by atoms with Gasteiger partial charge >= 0.3 is 0 Å². The van der Waals surface area contributed by atoms with E-state index in [1.54, 1.807) is 24.3 Å². The zero-order valence-corrected chi connectivity index (χ0v) is 11.5. The molecule has 1 rings (SSSR count). The zero-order chi connectivity index (χ0) is 13.6. The third-order valence-electron chi connectivity index (χ3n) is 2.01. The van der Waals surface area contributed by atoms with Gasteiger partial charge in [-0.2, -0.15) is 0 Å². The topological polar surface area (TPSA) is 75.3 Å². The molecule has 1 amide bonds. The molecule has 1 aromatic carbocycles. The molecule has 0 atom stereocenters. The molecule has 18 heavy (non-hydrogen) atoms. The first-order valence-electron chi connectivity index (χ1n) is 5.34. The summed E-state index contributed by atoms with van der Waals surface area (Å²) in [5.74, 6) is 0.337. The summed E-state index contributed by atoms with van der Waals surface area (Å²) in [5, 5.41) is 2.69. The van der Waals surface area contributed by atoms with E-state index in [9.17, 15) is 13.2 Å². The van der Waals surface area contributed by atoms with Crippen LogP contribution in [0.1, 0.15) is 12.8 Å². The van der Waals surface area contributed by atoms with Crippen molar-refractivity contribution in [2.45, 2.75) is 12.8 Å². The minimum absolute atomic E-state index is 0.112. The second-order valence-electron chi connectivity index (χ2n) is 3.79. The maximum absolute atomic E-state index is 11.4. The van der Waals surface area contributed by atoms with E-state index in [4.69, 9.17) is 11.6 Å². The summed E-state index contributed by atoms with van der Waals surface area (Å²) in [6.45, 7) is 0. The third-order valence-corrected chi connectivity index (χ3v) is 2.88. The molecule has 0 saturated carbocycles. The van der Waals surface area contributed by atoms with E-state index in [1.807, 2.05) is 0 Å². The van der Waals surface area contributed by atoms with E-state index >= 15 is 0 Å². The van der Waals surface area contributed by atoms with Crippen LogP contribution in [0, 0.1) is 0 Å². The Morgan fingerprint density at radius 1 is 1.22 bits per heavy atom. The maximum atomic E-state index is 11.4. The molecule has 0 unspecified atom stereocenters. The van der Waals surface area contributed by atoms with Gasteiger partial charge in [0.2, 0.25) is 15.9 Å². The molecule has 0 spiro atoms. The second kappa shape index (κ2) is 6.61. The van der Waals surface area contributed by atoms with Gasteiger partial charge in [-0.1, -0.05) is 0 Å². The maximum Gasteiger partial charge on any atom is 0.229 e. The number of rotatable bonds is 6. The van der Waals surface area contributed by atoms with Crippen LogP contribution in [-0.4, -0.2) is 26.5 Å². The summed E-state index contributed by atoms with van der Waals surface area (Å²) in [6.07, 6.45) is 2.07. The normalized spacial score (nSPS) is 11.0. The number of sulfonamides is 1. The van der Waals surface area contributed by atoms with E-state index in [0.29, 0.717) is 30.1 Å². The highest BCUT2D eigenvalue weighted by Gasteiger charge is 2.04. The minimum atomic E-state index is -3.28. The number of halogens is 1. The SMILES string of the molecule is CS(=O)(=O)Nc1ccc(NC(=O)CCCCl)cc1. The first kappa shape index (κ1) is 14.8. The van der Waals surface area contributed by atoms with Gasteiger partial charge < -0.3 is 5.32 Å². The fourth-order valence-corrected chi connectivity index (χ4v) is 1.98. The zero-order valence-electron chi connectivity index (χ0n) is 9.94. The predicted octanol–water partition coefficient (Wildman–Crippen LogP) is 2.02. The highest BCUT2D eigenvalue weighted by Crippen LogP contribution is 2.14. The van der Waals surface area contributed by atoms with Crippen molar-refractivity contribution in [3.05, 3.63) is 24.3 Å². The lowest BCUT2D eigenvalue weighted by Crippen LogP contribution is -2.12. The average molecular weight is 291 g/mol. The Morgan fingerprint density at radius 2 is 1.78 bits per heavy atom. The fourth-order valence-electron chi connectivity index (χ4n) is 1.29. The van der Waals surface area contributed by atoms with Crippen LogP contribution in [0.2, 0.25) is 0 Å². The standard InChI is InChI=1S/C11H15ClN2O3S/c1-18(16,17)14-10-6-4-9(5-7-10)13-11(15)3-2-8-12/h4-7,14H,2-3,8H2,1H3,(H,13,15). The Bertz CT molecular complexity index is 500. The van der Waals surface area contributed by atoms with Gasteiger partial charge in [-0.25, -0.2) is 8.42 Å². The number of benzene rings is 1. The molecule has 100 valence electrons. The summed E-state index contributed by atoms with van der Waals surface area (Å²) in [7, 11) is -3.28. The molecule has 0 aliphatic carbocycles. The number of alkyl halides is 1. The highest BCUT2D eigenvalue weighted by atomic mass is 35.5. The molecule has 1 aromatic rings. The molecule has 0 radical (unpaired) electrons. The Hall–Kier alpha value is -1.27. The number of hydrogen-bond acceptors (Lipinski definition) is 3. The molecule has 0 aliphatic rings. The first-order chi connectivity index (χ1) is 8.40. The number of nitrogens with one attached hydrogen (secondary N) is 2. The van der Waals surface area contributed by atoms with Gasteiger partial charge in [0.15, 0.2) is 0 Å². The number of hydrogen-bond donors (Lipinski definition) is 2. The van der Waals surface area contributed by atoms with E-state index < -0.39 is 10.0 Å². The van der Waals surface area contributed by atoms with E-state index in [2.05, 4.69) is 10.0 Å². The quantitative estimate of drug-likeness (QED) is 0.787. The Labute approximate surface area is 112 Å². The van der Waals surface area contributed by atoms with E-state index in [0.717, 1.165) is 6.26 Å². The van der Waals surface area contributed by atoms with Gasteiger partial charge in [-0.15, -0.1) is 11.6 Å². The minimum Gasteiger partial charge on any atom is -0.326 e. The lowest BCUT2D eigenvalue weighted by molar-refractivity contribution is -0.116. The molecule has 0 saturated heterocycles. The summed E-state index contributed by atoms with van der Waals surface area (Å²) in [6, 6.07) is 6.43. The van der Waals surface area contributed by atoms with Gasteiger partial charge in [0.05, 0.1) is 6.26 Å². The van der Waals surface area contributed by atoms with Crippen LogP contribution in [0.4, 0.5) is 11.4 Å². The van der Waals surface area contributed by atoms with Crippen molar-refractivity contribution in [1.29, 1.82) is 0 Å². The van der Waals surface area contributed by atoms with E-state index in [1.165, 1.54) is 0 Å². The molecule has 0 fully saturated rings. The number of carbonyl (C=O) groups is 1. The van der Waals surface area contributed by atoms with Crippen LogP contribution in [-0.2, 0) is 14.8 Å². The van der Waals surface area contributed by atoms with Crippen LogP contribution in [0.3, 0.4) is 0 Å². The summed E-state index contributed by atoms with van der Waals surface area (Å²) < 4.78 is 24.3. The largest absolute Gasteiger partial charge is 0.326 e. The Kier molecular flexibility index (Phi) is 5.43. The van der Waals surface area contributed by atoms with Gasteiger partial charge in [0.1, 0.15) is 0 Å². The Morgan fingerprint density at radius 3 is 2.28 bits per heavy atom. The van der Waals surface area contributed by atoms with Crippen LogP contribution in [0.25, 0.3) is 0 Å². The lowest BCUT2D eigenvalue weighted by Gasteiger charge is -2.07. The number of anilines is 2. The molecular weight excluding hydrogens is 276 g/mol. The summed E-state index contributed by atoms with van der Waals surface area (Å²) in [5.41, 5.74) is 1.07. The molecule has 5 nitrogen and oxygen atoms in total. The van der Waals surface area contributed by atoms with Crippen molar-refractivity contribution < 1.29 is 13.2 Å². The number of carbonyl (C=O) groups excluding carboxylic acids is 1. The second-order valence-corrected chi connectivity index (χ2v) is 5.92. The summed E-state index contributed by atoms with van der Waals surface area (Å²) >= 11 is 5.49. The molecule has 0 aromatic heterocycles. The van der Waals surface area contributed by atoms with Crippen LogP contribution >= 0.6 is 11.6 Å². The van der Waals surface area contributed by atoms with Crippen molar-refractivity contribution in [3.63, 3.8) is 0 Å². The average Bonchev–Trinajstić information content (AvgIpc) is 2.27. The van der Waals surface area contributed by atoms with Crippen molar-refractivity contribution in [2.24, 2.45) is 0 Å². The molecule has 0 heterocycles.